The van der Waals surface area contributed by atoms with E-state index in [0.717, 1.165) is 33.4 Å². The van der Waals surface area contributed by atoms with Crippen molar-refractivity contribution in [2.75, 3.05) is 12.9 Å². The Bertz CT molecular complexity index is 1300. The summed E-state index contributed by atoms with van der Waals surface area (Å²) in [7, 11) is -3.23. The lowest BCUT2D eigenvalue weighted by Crippen LogP contribution is -2.19. The minimum Gasteiger partial charge on any atom is -0.347 e. The smallest absolute Gasteiger partial charge is 0.175 e. The lowest BCUT2D eigenvalue weighted by Gasteiger charge is -2.17. The van der Waals surface area contributed by atoms with Crippen LogP contribution in [0.3, 0.4) is 0 Å². The van der Waals surface area contributed by atoms with Gasteiger partial charge in [-0.05, 0) is 62.4 Å². The van der Waals surface area contributed by atoms with Gasteiger partial charge in [-0.25, -0.2) is 13.4 Å². The van der Waals surface area contributed by atoms with Crippen LogP contribution in [0, 0.1) is 5.92 Å². The van der Waals surface area contributed by atoms with Gasteiger partial charge < -0.3 is 14.5 Å². The molecule has 0 radical (unpaired) electrons. The van der Waals surface area contributed by atoms with Crippen molar-refractivity contribution in [2.24, 2.45) is 5.92 Å². The number of rotatable bonds is 5. The molecule has 1 aliphatic carbocycles. The lowest BCUT2D eigenvalue weighted by molar-refractivity contribution is -0.139. The van der Waals surface area contributed by atoms with Crippen LogP contribution in [0.5, 0.6) is 0 Å². The fourth-order valence-corrected chi connectivity index (χ4v) is 5.42. The Labute approximate surface area is 194 Å². The third kappa shape index (κ3) is 4.76. The molecule has 2 fully saturated rings. The Morgan fingerprint density at radius 3 is 2.52 bits per heavy atom. The van der Waals surface area contributed by atoms with Crippen LogP contribution in [0.2, 0.25) is 0 Å². The van der Waals surface area contributed by atoms with Gasteiger partial charge in [-0.15, -0.1) is 0 Å². The van der Waals surface area contributed by atoms with Crippen molar-refractivity contribution in [1.29, 1.82) is 0 Å². The first-order chi connectivity index (χ1) is 15.7. The van der Waals surface area contributed by atoms with Crippen LogP contribution in [-0.4, -0.2) is 37.0 Å². The summed E-state index contributed by atoms with van der Waals surface area (Å²) in [5, 5.41) is 1.01. The maximum absolute atomic E-state index is 11.9. The number of pyridine rings is 1. The first kappa shape index (κ1) is 22.3. The minimum atomic E-state index is -3.23. The molecule has 5 rings (SSSR count). The molecule has 2 aliphatic rings. The van der Waals surface area contributed by atoms with Gasteiger partial charge in [0.2, 0.25) is 0 Å². The van der Waals surface area contributed by atoms with Gasteiger partial charge in [0.1, 0.15) is 11.8 Å². The zero-order valence-electron chi connectivity index (χ0n) is 19.3. The van der Waals surface area contributed by atoms with Crippen LogP contribution in [0.25, 0.3) is 16.6 Å². The molecule has 1 saturated carbocycles. The second kappa shape index (κ2) is 8.38. The van der Waals surface area contributed by atoms with E-state index in [1.807, 2.05) is 32.2 Å². The Hall–Kier alpha value is -2.48. The first-order valence-corrected chi connectivity index (χ1v) is 13.4. The van der Waals surface area contributed by atoms with Crippen LogP contribution in [0.1, 0.15) is 62.5 Å². The average molecular weight is 467 g/mol. The largest absolute Gasteiger partial charge is 0.347 e. The Morgan fingerprint density at radius 1 is 1.15 bits per heavy atom. The minimum absolute atomic E-state index is 0.132. The number of allylic oxidation sites excluding steroid dienone is 1. The molecule has 1 unspecified atom stereocenters. The van der Waals surface area contributed by atoms with Crippen molar-refractivity contribution in [2.45, 2.75) is 56.3 Å². The number of ether oxygens (including phenoxy) is 2. The van der Waals surface area contributed by atoms with Crippen molar-refractivity contribution in [3.63, 3.8) is 0 Å². The summed E-state index contributed by atoms with van der Waals surface area (Å²) in [5.74, 6) is -0.0612. The predicted molar refractivity (Wildman–Crippen MR) is 129 cm³/mol. The number of aromatic amines is 1. The van der Waals surface area contributed by atoms with Crippen LogP contribution in [0.15, 0.2) is 53.6 Å². The van der Waals surface area contributed by atoms with Gasteiger partial charge in [0.05, 0.1) is 11.5 Å². The van der Waals surface area contributed by atoms with Crippen molar-refractivity contribution < 1.29 is 17.9 Å². The highest BCUT2D eigenvalue weighted by Gasteiger charge is 2.33. The number of hydrogen-bond acceptors (Lipinski definition) is 5. The number of nitrogens with one attached hydrogen (secondary N) is 1. The molecule has 174 valence electrons. The SMILES string of the molecule is CC1(C)OCC(c2cnc3[nH]c(/C(=C/C4CCCC4)c4ccc(S(C)(=O)=O)cc4)cc3c2)O1. The first-order valence-electron chi connectivity index (χ1n) is 11.5. The molecule has 33 heavy (non-hydrogen) atoms. The van der Waals surface area contributed by atoms with E-state index >= 15 is 0 Å². The highest BCUT2D eigenvalue weighted by molar-refractivity contribution is 7.90. The zero-order chi connectivity index (χ0) is 23.2. The number of aromatic nitrogens is 2. The van der Waals surface area contributed by atoms with E-state index in [4.69, 9.17) is 9.47 Å². The number of sulfone groups is 1. The molecule has 1 aliphatic heterocycles. The Kier molecular flexibility index (Phi) is 5.67. The maximum Gasteiger partial charge on any atom is 0.175 e. The molecule has 7 heteroatoms. The van der Waals surface area contributed by atoms with Gasteiger partial charge in [0, 0.05) is 34.7 Å². The summed E-state index contributed by atoms with van der Waals surface area (Å²) in [6, 6.07) is 11.4. The van der Waals surface area contributed by atoms with E-state index in [2.05, 4.69) is 28.2 Å². The van der Waals surface area contributed by atoms with Crippen molar-refractivity contribution in [3.8, 4) is 0 Å². The van der Waals surface area contributed by atoms with Gasteiger partial charge in [-0.3, -0.25) is 0 Å². The van der Waals surface area contributed by atoms with Crippen molar-refractivity contribution in [3.05, 3.63) is 65.5 Å². The van der Waals surface area contributed by atoms with Gasteiger partial charge in [0.25, 0.3) is 0 Å². The average Bonchev–Trinajstić information content (AvgIpc) is 3.50. The zero-order valence-corrected chi connectivity index (χ0v) is 20.1. The van der Waals surface area contributed by atoms with Crippen LogP contribution < -0.4 is 0 Å². The van der Waals surface area contributed by atoms with Crippen LogP contribution in [-0.2, 0) is 19.3 Å². The van der Waals surface area contributed by atoms with E-state index < -0.39 is 15.6 Å². The highest BCUT2D eigenvalue weighted by atomic mass is 32.2. The standard InChI is InChI=1S/C26H30N2O4S/c1-26(2)31-16-24(32-26)20-13-19-14-23(28-25(19)27-15-20)22(12-17-6-4-5-7-17)18-8-10-21(11-9-18)33(3,29)30/h8-15,17,24H,4-7,16H2,1-3H3,(H,27,28)/b22-12+. The normalized spacial score (nSPS) is 21.8. The van der Waals surface area contributed by atoms with Crippen LogP contribution in [0.4, 0.5) is 0 Å². The monoisotopic (exact) mass is 466 g/mol. The molecule has 1 N–H and O–H groups in total. The number of H-pyrrole nitrogens is 1. The lowest BCUT2D eigenvalue weighted by atomic mass is 9.96. The molecule has 6 nitrogen and oxygen atoms in total. The van der Waals surface area contributed by atoms with E-state index in [0.29, 0.717) is 17.4 Å². The second-order valence-corrected chi connectivity index (χ2v) is 11.6. The molecule has 0 amide bonds. The molecule has 1 aromatic carbocycles. The Morgan fingerprint density at radius 2 is 1.88 bits per heavy atom. The van der Waals surface area contributed by atoms with E-state index in [1.54, 1.807) is 12.1 Å². The number of benzene rings is 1. The summed E-state index contributed by atoms with van der Waals surface area (Å²) < 4.78 is 35.5. The van der Waals surface area contributed by atoms with Gasteiger partial charge in [-0.1, -0.05) is 31.1 Å². The molecule has 0 bridgehead atoms. The number of fused-ring (bicyclic) bond motifs is 1. The maximum atomic E-state index is 11.9. The number of nitrogens with zero attached hydrogens (tertiary/aromatic N) is 1. The van der Waals surface area contributed by atoms with E-state index in [9.17, 15) is 8.42 Å². The summed E-state index contributed by atoms with van der Waals surface area (Å²) in [6.07, 6.45) is 10.2. The van der Waals surface area contributed by atoms with Crippen molar-refractivity contribution in [1.82, 2.24) is 9.97 Å². The van der Waals surface area contributed by atoms with Gasteiger partial charge >= 0.3 is 0 Å². The molecule has 0 spiro atoms. The third-order valence-electron chi connectivity index (χ3n) is 6.56. The van der Waals surface area contributed by atoms with E-state index in [1.165, 1.54) is 31.9 Å². The summed E-state index contributed by atoms with van der Waals surface area (Å²) in [4.78, 5) is 8.46. The fraction of sp³-hybridized carbons (Fsp3) is 0.423. The highest BCUT2D eigenvalue weighted by Crippen LogP contribution is 2.36. The van der Waals surface area contributed by atoms with Gasteiger partial charge in [0.15, 0.2) is 15.6 Å². The fourth-order valence-electron chi connectivity index (χ4n) is 4.79. The summed E-state index contributed by atoms with van der Waals surface area (Å²) >= 11 is 0. The molecule has 3 heterocycles. The van der Waals surface area contributed by atoms with Crippen molar-refractivity contribution >= 4 is 26.4 Å². The molecule has 1 saturated heterocycles. The molecule has 1 atom stereocenters. The Balaban J connectivity index is 1.52. The third-order valence-corrected chi connectivity index (χ3v) is 7.69. The van der Waals surface area contributed by atoms with Crippen LogP contribution >= 0.6 is 0 Å². The molecule has 2 aromatic heterocycles. The van der Waals surface area contributed by atoms with Gasteiger partial charge in [-0.2, -0.15) is 0 Å². The van der Waals surface area contributed by atoms with E-state index in [-0.39, 0.29) is 6.10 Å². The topological polar surface area (TPSA) is 81.3 Å². The quantitative estimate of drug-likeness (QED) is 0.544. The molecular formula is C26H30N2O4S. The predicted octanol–water partition coefficient (Wildman–Crippen LogP) is 5.41. The summed E-state index contributed by atoms with van der Waals surface area (Å²) in [6.45, 7) is 4.35. The molecular weight excluding hydrogens is 436 g/mol. The number of hydrogen-bond donors (Lipinski definition) is 1. The summed E-state index contributed by atoms with van der Waals surface area (Å²) in [5.41, 5.74) is 4.88. The molecule has 3 aromatic rings. The second-order valence-electron chi connectivity index (χ2n) is 9.63.